The predicted molar refractivity (Wildman–Crippen MR) is 62.0 cm³/mol. The fourth-order valence-electron chi connectivity index (χ4n) is 0.986. The highest BCUT2D eigenvalue weighted by Crippen LogP contribution is 1.93. The number of nitrogens with one attached hydrogen (secondary N) is 1. The summed E-state index contributed by atoms with van der Waals surface area (Å²) >= 11 is 0. The summed E-state index contributed by atoms with van der Waals surface area (Å²) in [6.07, 6.45) is 4.87. The largest absolute Gasteiger partial charge is 0.330 e. The van der Waals surface area contributed by atoms with Gasteiger partial charge in [0.1, 0.15) is 0 Å². The average molecular weight is 188 g/mol. The molecule has 2 heteroatoms. The van der Waals surface area contributed by atoms with Crippen molar-refractivity contribution in [1.82, 2.24) is 5.32 Å². The zero-order valence-electron chi connectivity index (χ0n) is 9.90. The molecule has 0 aliphatic carbocycles. The Labute approximate surface area is 84.3 Å². The first-order valence-corrected chi connectivity index (χ1v) is 5.66. The molecule has 3 N–H and O–H groups in total. The van der Waals surface area contributed by atoms with Crippen LogP contribution in [0.1, 0.15) is 53.4 Å². The third kappa shape index (κ3) is 18.7. The Bertz CT molecular complexity index is 74.5. The maximum atomic E-state index is 5.35. The number of hydrogen-bond donors (Lipinski definition) is 2. The van der Waals surface area contributed by atoms with Crippen molar-refractivity contribution in [3.63, 3.8) is 0 Å². The lowest BCUT2D eigenvalue weighted by atomic mass is 10.2. The van der Waals surface area contributed by atoms with Crippen molar-refractivity contribution in [1.29, 1.82) is 0 Å². The van der Waals surface area contributed by atoms with Crippen molar-refractivity contribution in [2.45, 2.75) is 59.4 Å². The van der Waals surface area contributed by atoms with E-state index in [9.17, 15) is 0 Å². The van der Waals surface area contributed by atoms with Gasteiger partial charge in [-0.2, -0.15) is 0 Å². The van der Waals surface area contributed by atoms with Crippen molar-refractivity contribution in [3.8, 4) is 0 Å². The highest BCUT2D eigenvalue weighted by molar-refractivity contribution is 4.58. The topological polar surface area (TPSA) is 38.0 Å². The van der Waals surface area contributed by atoms with E-state index in [-0.39, 0.29) is 0 Å². The molecule has 0 radical (unpaired) electrons. The van der Waals surface area contributed by atoms with Gasteiger partial charge in [0.15, 0.2) is 0 Å². The van der Waals surface area contributed by atoms with Crippen molar-refractivity contribution in [2.75, 3.05) is 13.1 Å². The quantitative estimate of drug-likeness (QED) is 0.629. The molecule has 0 aliphatic heterocycles. The molecule has 0 saturated heterocycles. The summed E-state index contributed by atoms with van der Waals surface area (Å²) in [6.45, 7) is 10.5. The standard InChI is InChI=1S/C8H20N2.C3H8/c1-3-5-8(2)10-7-4-6-9;1-3-2/h8,10H,3-7,9H2,1-2H3;3H2,1-2H3. The van der Waals surface area contributed by atoms with E-state index in [0.717, 1.165) is 19.5 Å². The minimum absolute atomic E-state index is 0.663. The van der Waals surface area contributed by atoms with Crippen LogP contribution in [0.15, 0.2) is 0 Å². The normalized spacial score (nSPS) is 11.8. The summed E-state index contributed by atoms with van der Waals surface area (Å²) < 4.78 is 0. The Balaban J connectivity index is 0. The van der Waals surface area contributed by atoms with Crippen molar-refractivity contribution < 1.29 is 0 Å². The first-order chi connectivity index (χ1) is 6.22. The molecular weight excluding hydrogens is 160 g/mol. The third-order valence-corrected chi connectivity index (χ3v) is 1.60. The molecule has 2 nitrogen and oxygen atoms in total. The van der Waals surface area contributed by atoms with E-state index in [0.29, 0.717) is 6.04 Å². The van der Waals surface area contributed by atoms with Gasteiger partial charge in [0.05, 0.1) is 0 Å². The third-order valence-electron chi connectivity index (χ3n) is 1.60. The summed E-state index contributed by atoms with van der Waals surface area (Å²) in [7, 11) is 0. The van der Waals surface area contributed by atoms with E-state index in [1.54, 1.807) is 0 Å². The zero-order valence-corrected chi connectivity index (χ0v) is 9.90. The van der Waals surface area contributed by atoms with E-state index >= 15 is 0 Å². The van der Waals surface area contributed by atoms with Gasteiger partial charge in [0.2, 0.25) is 0 Å². The van der Waals surface area contributed by atoms with Crippen molar-refractivity contribution >= 4 is 0 Å². The van der Waals surface area contributed by atoms with Gasteiger partial charge in [0.25, 0.3) is 0 Å². The Kier molecular flexibility index (Phi) is 17.1. The second-order valence-corrected chi connectivity index (χ2v) is 3.49. The summed E-state index contributed by atoms with van der Waals surface area (Å²) in [5, 5.41) is 3.40. The van der Waals surface area contributed by atoms with Crippen LogP contribution >= 0.6 is 0 Å². The van der Waals surface area contributed by atoms with E-state index in [1.807, 2.05) is 0 Å². The molecule has 82 valence electrons. The molecule has 0 aromatic heterocycles. The molecule has 0 saturated carbocycles. The molecular formula is C11H28N2. The molecule has 1 unspecified atom stereocenters. The van der Waals surface area contributed by atoms with E-state index < -0.39 is 0 Å². The predicted octanol–water partition coefficient (Wildman–Crippen LogP) is 2.53. The second kappa shape index (κ2) is 14.4. The van der Waals surface area contributed by atoms with Gasteiger partial charge >= 0.3 is 0 Å². The molecule has 0 aromatic rings. The summed E-state index contributed by atoms with van der Waals surface area (Å²) in [5.74, 6) is 0. The first-order valence-electron chi connectivity index (χ1n) is 5.66. The lowest BCUT2D eigenvalue weighted by molar-refractivity contribution is 0.503. The zero-order chi connectivity index (χ0) is 10.5. The average Bonchev–Trinajstić information content (AvgIpc) is 2.07. The van der Waals surface area contributed by atoms with Gasteiger partial charge in [-0.25, -0.2) is 0 Å². The number of hydrogen-bond acceptors (Lipinski definition) is 2. The SMILES string of the molecule is CCC.CCCC(C)NCCCN. The number of nitrogens with two attached hydrogens (primary N) is 1. The van der Waals surface area contributed by atoms with Crippen LogP contribution in [0.25, 0.3) is 0 Å². The lowest BCUT2D eigenvalue weighted by Crippen LogP contribution is -2.27. The Morgan fingerprint density at radius 2 is 1.77 bits per heavy atom. The summed E-state index contributed by atoms with van der Waals surface area (Å²) in [5.41, 5.74) is 5.35. The van der Waals surface area contributed by atoms with Crippen LogP contribution < -0.4 is 11.1 Å². The van der Waals surface area contributed by atoms with Gasteiger partial charge in [-0.3, -0.25) is 0 Å². The Hall–Kier alpha value is -0.0800. The maximum absolute atomic E-state index is 5.35. The van der Waals surface area contributed by atoms with Gasteiger partial charge in [-0.15, -0.1) is 0 Å². The van der Waals surface area contributed by atoms with Gasteiger partial charge in [-0.1, -0.05) is 33.6 Å². The van der Waals surface area contributed by atoms with Gasteiger partial charge < -0.3 is 11.1 Å². The molecule has 0 bridgehead atoms. The fraction of sp³-hybridized carbons (Fsp3) is 1.00. The summed E-state index contributed by atoms with van der Waals surface area (Å²) in [4.78, 5) is 0. The molecule has 0 aliphatic rings. The molecule has 0 heterocycles. The molecule has 13 heavy (non-hydrogen) atoms. The van der Waals surface area contributed by atoms with Crippen LogP contribution in [0, 0.1) is 0 Å². The highest BCUT2D eigenvalue weighted by atomic mass is 14.9. The molecule has 0 aromatic carbocycles. The second-order valence-electron chi connectivity index (χ2n) is 3.49. The van der Waals surface area contributed by atoms with Crippen LogP contribution in [0.2, 0.25) is 0 Å². The van der Waals surface area contributed by atoms with Crippen LogP contribution in [-0.4, -0.2) is 19.1 Å². The van der Waals surface area contributed by atoms with Gasteiger partial charge in [-0.05, 0) is 32.9 Å². The van der Waals surface area contributed by atoms with Crippen molar-refractivity contribution in [2.24, 2.45) is 5.73 Å². The minimum atomic E-state index is 0.663. The van der Waals surface area contributed by atoms with Crippen LogP contribution in [0.3, 0.4) is 0 Å². The number of rotatable bonds is 6. The highest BCUT2D eigenvalue weighted by Gasteiger charge is 1.96. The molecule has 1 atom stereocenters. The van der Waals surface area contributed by atoms with Crippen LogP contribution in [0.5, 0.6) is 0 Å². The van der Waals surface area contributed by atoms with E-state index in [2.05, 4.69) is 33.0 Å². The monoisotopic (exact) mass is 188 g/mol. The molecule has 0 amide bonds. The van der Waals surface area contributed by atoms with E-state index in [4.69, 9.17) is 5.73 Å². The smallest absolute Gasteiger partial charge is 0.00386 e. The van der Waals surface area contributed by atoms with Crippen LogP contribution in [-0.2, 0) is 0 Å². The molecule has 0 rings (SSSR count). The van der Waals surface area contributed by atoms with Crippen molar-refractivity contribution in [3.05, 3.63) is 0 Å². The molecule has 0 spiro atoms. The lowest BCUT2D eigenvalue weighted by Gasteiger charge is -2.11. The molecule has 0 fully saturated rings. The maximum Gasteiger partial charge on any atom is 0.00386 e. The minimum Gasteiger partial charge on any atom is -0.330 e. The Morgan fingerprint density at radius 3 is 2.15 bits per heavy atom. The first kappa shape index (κ1) is 15.4. The summed E-state index contributed by atoms with van der Waals surface area (Å²) in [6, 6.07) is 0.663. The van der Waals surface area contributed by atoms with Gasteiger partial charge in [0, 0.05) is 6.04 Å². The Morgan fingerprint density at radius 1 is 1.23 bits per heavy atom. The van der Waals surface area contributed by atoms with Crippen LogP contribution in [0.4, 0.5) is 0 Å². The fourth-order valence-corrected chi connectivity index (χ4v) is 0.986. The van der Waals surface area contributed by atoms with E-state index in [1.165, 1.54) is 19.3 Å².